The number of benzene rings is 1. The number of hydrogen-bond donors (Lipinski definition) is 0. The highest BCUT2D eigenvalue weighted by Crippen LogP contribution is 2.52. The van der Waals surface area contributed by atoms with Crippen molar-refractivity contribution < 1.29 is 0 Å². The molecule has 0 aliphatic heterocycles. The van der Waals surface area contributed by atoms with E-state index in [-0.39, 0.29) is 0 Å². The molecule has 4 heteroatoms. The van der Waals surface area contributed by atoms with Crippen LogP contribution in [-0.2, 0) is 0 Å². The van der Waals surface area contributed by atoms with Crippen LogP contribution >= 0.6 is 7.34 Å². The van der Waals surface area contributed by atoms with Gasteiger partial charge in [-0.1, -0.05) is 36.9 Å². The summed E-state index contributed by atoms with van der Waals surface area (Å²) >= 11 is 0. The Hall–Kier alpha value is -0.860. The van der Waals surface area contributed by atoms with Gasteiger partial charge in [-0.25, -0.2) is 0 Å². The van der Waals surface area contributed by atoms with Crippen molar-refractivity contribution >= 4 is 19.2 Å². The number of nitrogens with zero attached hydrogens (tertiary/aromatic N) is 3. The molecule has 0 amide bonds. The lowest BCUT2D eigenvalue weighted by Crippen LogP contribution is -2.32. The molecule has 1 rings (SSSR count). The lowest BCUT2D eigenvalue weighted by Gasteiger charge is -2.43. The van der Waals surface area contributed by atoms with Gasteiger partial charge in [0.15, 0.2) is 0 Å². The molecule has 19 heavy (non-hydrogen) atoms. The average Bonchev–Trinajstić information content (AvgIpc) is 2.35. The zero-order valence-corrected chi connectivity index (χ0v) is 13.9. The fourth-order valence-electron chi connectivity index (χ4n) is 2.34. The SMILES string of the molecule is C=Cc1ccc(C=P(N(C)C)(N(C)C)N(C)C)cc1. The second-order valence-corrected chi connectivity index (χ2v) is 9.04. The highest BCUT2D eigenvalue weighted by molar-refractivity contribution is 7.68. The molecule has 0 aliphatic carbocycles. The molecular weight excluding hydrogens is 253 g/mol. The van der Waals surface area contributed by atoms with Gasteiger partial charge in [-0.05, 0) is 59.2 Å². The zero-order valence-electron chi connectivity index (χ0n) is 13.0. The number of hydrogen-bond acceptors (Lipinski definition) is 3. The van der Waals surface area contributed by atoms with Crippen molar-refractivity contribution in [3.05, 3.63) is 42.0 Å². The highest BCUT2D eigenvalue weighted by Gasteiger charge is 2.25. The monoisotopic (exact) mass is 279 g/mol. The van der Waals surface area contributed by atoms with Crippen LogP contribution in [0, 0.1) is 0 Å². The van der Waals surface area contributed by atoms with Crippen LogP contribution in [0.4, 0.5) is 0 Å². The normalized spacial score (nSPS) is 12.3. The van der Waals surface area contributed by atoms with Crippen LogP contribution < -0.4 is 0 Å². The highest BCUT2D eigenvalue weighted by atomic mass is 31.2. The van der Waals surface area contributed by atoms with Crippen molar-refractivity contribution in [2.75, 3.05) is 42.3 Å². The van der Waals surface area contributed by atoms with Crippen molar-refractivity contribution in [1.29, 1.82) is 0 Å². The molecule has 0 N–H and O–H groups in total. The summed E-state index contributed by atoms with van der Waals surface area (Å²) in [5.41, 5.74) is 2.40. The Bertz CT molecular complexity index is 444. The Labute approximate surface area is 118 Å². The lowest BCUT2D eigenvalue weighted by molar-refractivity contribution is 0.484. The largest absolute Gasteiger partial charge is 0.266 e. The van der Waals surface area contributed by atoms with E-state index in [1.54, 1.807) is 0 Å². The molecule has 0 unspecified atom stereocenters. The van der Waals surface area contributed by atoms with E-state index in [1.165, 1.54) is 5.56 Å². The van der Waals surface area contributed by atoms with Crippen LogP contribution in [0.2, 0.25) is 0 Å². The molecule has 0 heterocycles. The maximum Gasteiger partial charge on any atom is 0.0806 e. The zero-order chi connectivity index (χ0) is 14.6. The van der Waals surface area contributed by atoms with Gasteiger partial charge in [0, 0.05) is 0 Å². The van der Waals surface area contributed by atoms with Crippen molar-refractivity contribution in [1.82, 2.24) is 14.0 Å². The molecular formula is C15H26N3P. The van der Waals surface area contributed by atoms with Gasteiger partial charge in [-0.15, -0.1) is 0 Å². The predicted molar refractivity (Wildman–Crippen MR) is 89.7 cm³/mol. The summed E-state index contributed by atoms with van der Waals surface area (Å²) in [4.78, 5) is 0. The summed E-state index contributed by atoms with van der Waals surface area (Å²) in [5, 5.41) is 0. The van der Waals surface area contributed by atoms with Gasteiger partial charge in [0.2, 0.25) is 0 Å². The minimum absolute atomic E-state index is 1.15. The van der Waals surface area contributed by atoms with E-state index in [0.717, 1.165) is 5.56 Å². The summed E-state index contributed by atoms with van der Waals surface area (Å²) in [6, 6.07) is 8.52. The van der Waals surface area contributed by atoms with Gasteiger partial charge in [-0.3, -0.25) is 14.0 Å². The first-order valence-corrected chi connectivity index (χ1v) is 8.06. The topological polar surface area (TPSA) is 9.72 Å². The van der Waals surface area contributed by atoms with E-state index in [2.05, 4.69) is 92.9 Å². The molecule has 0 radical (unpaired) electrons. The molecule has 3 nitrogen and oxygen atoms in total. The van der Waals surface area contributed by atoms with Crippen molar-refractivity contribution in [3.8, 4) is 0 Å². The summed E-state index contributed by atoms with van der Waals surface area (Å²) < 4.78 is 6.94. The summed E-state index contributed by atoms with van der Waals surface area (Å²) in [6.07, 6.45) is 1.87. The third-order valence-electron chi connectivity index (χ3n) is 3.26. The molecule has 0 saturated heterocycles. The average molecular weight is 279 g/mol. The summed E-state index contributed by atoms with van der Waals surface area (Å²) in [6.45, 7) is 3.79. The van der Waals surface area contributed by atoms with Crippen LogP contribution in [0.15, 0.2) is 30.8 Å². The molecule has 106 valence electrons. The molecule has 0 fully saturated rings. The van der Waals surface area contributed by atoms with E-state index >= 15 is 0 Å². The first-order valence-electron chi connectivity index (χ1n) is 6.35. The van der Waals surface area contributed by atoms with Crippen LogP contribution in [0.25, 0.3) is 6.08 Å². The standard InChI is InChI=1S/C15H26N3P/c1-8-14-9-11-15(12-10-14)13-19(16(2)3,17(4)5)18(6)7/h8-13H,1H2,2-7H3. The van der Waals surface area contributed by atoms with Gasteiger partial charge >= 0.3 is 0 Å². The van der Waals surface area contributed by atoms with Crippen molar-refractivity contribution in [2.24, 2.45) is 0 Å². The minimum atomic E-state index is -1.61. The molecule has 0 spiro atoms. The first kappa shape index (κ1) is 16.2. The fourth-order valence-corrected chi connectivity index (χ4v) is 5.75. The van der Waals surface area contributed by atoms with Crippen molar-refractivity contribution in [2.45, 2.75) is 0 Å². The van der Waals surface area contributed by atoms with Gasteiger partial charge < -0.3 is 0 Å². The van der Waals surface area contributed by atoms with E-state index < -0.39 is 7.34 Å². The Kier molecular flexibility index (Phi) is 5.57. The fraction of sp³-hybridized carbons (Fsp3) is 0.400. The molecule has 0 atom stereocenters. The predicted octanol–water partition coefficient (Wildman–Crippen LogP) is 2.93. The number of rotatable bonds is 5. The second-order valence-electron chi connectivity index (χ2n) is 5.16. The third kappa shape index (κ3) is 3.37. The van der Waals surface area contributed by atoms with Crippen LogP contribution in [-0.4, -0.2) is 62.1 Å². The quantitative estimate of drug-likeness (QED) is 0.767. The summed E-state index contributed by atoms with van der Waals surface area (Å²) in [5.74, 6) is 2.37. The Morgan fingerprint density at radius 1 is 0.789 bits per heavy atom. The van der Waals surface area contributed by atoms with Gasteiger partial charge in [0.25, 0.3) is 0 Å². The second kappa shape index (κ2) is 6.53. The van der Waals surface area contributed by atoms with Crippen LogP contribution in [0.1, 0.15) is 11.1 Å². The van der Waals surface area contributed by atoms with E-state index in [1.807, 2.05) is 6.08 Å². The third-order valence-corrected chi connectivity index (χ3v) is 7.44. The Morgan fingerprint density at radius 3 is 1.47 bits per heavy atom. The van der Waals surface area contributed by atoms with Crippen LogP contribution in [0.3, 0.4) is 0 Å². The molecule has 0 aromatic heterocycles. The van der Waals surface area contributed by atoms with Gasteiger partial charge in [-0.2, -0.15) is 0 Å². The molecule has 0 bridgehead atoms. The summed E-state index contributed by atoms with van der Waals surface area (Å²) in [7, 11) is 11.2. The Morgan fingerprint density at radius 2 is 1.16 bits per heavy atom. The van der Waals surface area contributed by atoms with Crippen molar-refractivity contribution in [3.63, 3.8) is 0 Å². The first-order chi connectivity index (χ1) is 8.84. The smallest absolute Gasteiger partial charge is 0.0806 e. The van der Waals surface area contributed by atoms with E-state index in [0.29, 0.717) is 0 Å². The lowest BCUT2D eigenvalue weighted by atomic mass is 10.1. The maximum atomic E-state index is 3.79. The molecule has 1 aromatic rings. The van der Waals surface area contributed by atoms with E-state index in [4.69, 9.17) is 0 Å². The van der Waals surface area contributed by atoms with Crippen LogP contribution in [0.5, 0.6) is 0 Å². The van der Waals surface area contributed by atoms with Gasteiger partial charge in [0.05, 0.1) is 7.34 Å². The van der Waals surface area contributed by atoms with Gasteiger partial charge in [0.1, 0.15) is 0 Å². The van der Waals surface area contributed by atoms with E-state index in [9.17, 15) is 0 Å². The Balaban J connectivity index is 3.37. The molecule has 1 aromatic carbocycles. The maximum absolute atomic E-state index is 3.79. The molecule has 0 saturated carbocycles. The minimum Gasteiger partial charge on any atom is -0.266 e. The molecule has 0 aliphatic rings.